The van der Waals surface area contributed by atoms with E-state index >= 15 is 0 Å². The molecule has 4 nitrogen and oxygen atoms in total. The number of thioether (sulfide) groups is 1. The van der Waals surface area contributed by atoms with Crippen LogP contribution in [0.1, 0.15) is 89.7 Å². The van der Waals surface area contributed by atoms with Crippen molar-refractivity contribution in [3.8, 4) is 0 Å². The van der Waals surface area contributed by atoms with Crippen LogP contribution < -0.4 is 0 Å². The van der Waals surface area contributed by atoms with Crippen LogP contribution in [-0.2, 0) is 4.79 Å². The monoisotopic (exact) mass is 399 g/mol. The summed E-state index contributed by atoms with van der Waals surface area (Å²) in [7, 11) is 0. The number of hydrogen-bond donors (Lipinski definition) is 0. The first-order valence-corrected chi connectivity index (χ1v) is 11.9. The SMILES string of the molecule is CC(C)n1ccc(/C=C2/SC(=NC3CCCCC3)N(C3CCCCC3)C2=O)c1. The highest BCUT2D eigenvalue weighted by Crippen LogP contribution is 2.38. The molecular formula is C23H33N3OS. The summed E-state index contributed by atoms with van der Waals surface area (Å²) < 4.78 is 2.19. The number of nitrogens with zero attached hydrogens (tertiary/aromatic N) is 3. The van der Waals surface area contributed by atoms with Gasteiger partial charge in [0.05, 0.1) is 10.9 Å². The number of hydrogen-bond acceptors (Lipinski definition) is 3. The molecule has 0 unspecified atom stereocenters. The molecule has 5 heteroatoms. The third-order valence-electron chi connectivity index (χ3n) is 6.28. The minimum absolute atomic E-state index is 0.170. The first kappa shape index (κ1) is 19.8. The zero-order valence-corrected chi connectivity index (χ0v) is 18.1. The average Bonchev–Trinajstić information content (AvgIpc) is 3.29. The van der Waals surface area contributed by atoms with Crippen molar-refractivity contribution in [2.24, 2.45) is 4.99 Å². The fourth-order valence-corrected chi connectivity index (χ4v) is 5.70. The molecule has 1 aromatic rings. The van der Waals surface area contributed by atoms with Crippen LogP contribution in [0.5, 0.6) is 0 Å². The quantitative estimate of drug-likeness (QED) is 0.582. The Labute approximate surface area is 173 Å². The fraction of sp³-hybridized carbons (Fsp3) is 0.652. The van der Waals surface area contributed by atoms with Crippen LogP contribution in [0.2, 0.25) is 0 Å². The number of rotatable bonds is 4. The summed E-state index contributed by atoms with van der Waals surface area (Å²) in [5.74, 6) is 0.170. The van der Waals surface area contributed by atoms with Crippen LogP contribution in [0.4, 0.5) is 0 Å². The minimum atomic E-state index is 0.170. The van der Waals surface area contributed by atoms with E-state index in [1.165, 1.54) is 51.4 Å². The molecule has 1 saturated heterocycles. The molecule has 2 saturated carbocycles. The zero-order chi connectivity index (χ0) is 19.5. The Balaban J connectivity index is 1.60. The van der Waals surface area contributed by atoms with Crippen molar-refractivity contribution in [1.29, 1.82) is 0 Å². The average molecular weight is 400 g/mol. The van der Waals surface area contributed by atoms with E-state index in [2.05, 4.69) is 47.9 Å². The van der Waals surface area contributed by atoms with E-state index in [1.54, 1.807) is 11.8 Å². The van der Waals surface area contributed by atoms with E-state index in [0.29, 0.717) is 18.1 Å². The molecule has 0 radical (unpaired) electrons. The van der Waals surface area contributed by atoms with Crippen molar-refractivity contribution in [3.63, 3.8) is 0 Å². The van der Waals surface area contributed by atoms with Crippen LogP contribution in [0, 0.1) is 0 Å². The summed E-state index contributed by atoms with van der Waals surface area (Å²) >= 11 is 1.60. The Morgan fingerprint density at radius 1 is 1.07 bits per heavy atom. The van der Waals surface area contributed by atoms with Gasteiger partial charge in [-0.2, -0.15) is 0 Å². The van der Waals surface area contributed by atoms with Gasteiger partial charge in [0.2, 0.25) is 0 Å². The molecule has 4 rings (SSSR count). The Hall–Kier alpha value is -1.49. The molecule has 0 aromatic carbocycles. The number of amidine groups is 1. The third kappa shape index (κ3) is 4.40. The van der Waals surface area contributed by atoms with E-state index in [1.807, 2.05) is 0 Å². The largest absolute Gasteiger partial charge is 0.351 e. The Morgan fingerprint density at radius 2 is 1.75 bits per heavy atom. The number of carbonyl (C=O) groups is 1. The predicted octanol–water partition coefficient (Wildman–Crippen LogP) is 6.01. The van der Waals surface area contributed by atoms with Crippen molar-refractivity contribution in [3.05, 3.63) is 28.9 Å². The lowest BCUT2D eigenvalue weighted by atomic mass is 9.94. The summed E-state index contributed by atoms with van der Waals surface area (Å²) in [5, 5.41) is 0.971. The molecule has 0 bridgehead atoms. The summed E-state index contributed by atoms with van der Waals surface area (Å²) in [6.07, 6.45) is 18.5. The second-order valence-corrected chi connectivity index (χ2v) is 9.78. The highest BCUT2D eigenvalue weighted by molar-refractivity contribution is 8.18. The van der Waals surface area contributed by atoms with Crippen molar-refractivity contribution in [2.45, 2.75) is 96.2 Å². The molecule has 1 aromatic heterocycles. The van der Waals surface area contributed by atoms with Crippen LogP contribution in [0.3, 0.4) is 0 Å². The smallest absolute Gasteiger partial charge is 0.267 e. The lowest BCUT2D eigenvalue weighted by molar-refractivity contribution is -0.124. The van der Waals surface area contributed by atoms with E-state index in [0.717, 1.165) is 28.5 Å². The number of aliphatic imine (C=N–C) groups is 1. The van der Waals surface area contributed by atoms with Gasteiger partial charge in [-0.25, -0.2) is 0 Å². The molecule has 2 heterocycles. The van der Waals surface area contributed by atoms with Gasteiger partial charge in [-0.3, -0.25) is 14.7 Å². The molecule has 3 fully saturated rings. The summed E-state index contributed by atoms with van der Waals surface area (Å²) in [6.45, 7) is 4.35. The molecule has 0 atom stereocenters. The van der Waals surface area contributed by atoms with E-state index in [9.17, 15) is 4.79 Å². The Bertz CT molecular complexity index is 752. The van der Waals surface area contributed by atoms with Crippen LogP contribution in [0.25, 0.3) is 6.08 Å². The van der Waals surface area contributed by atoms with Crippen molar-refractivity contribution >= 4 is 28.9 Å². The van der Waals surface area contributed by atoms with Gasteiger partial charge in [0, 0.05) is 24.5 Å². The van der Waals surface area contributed by atoms with Gasteiger partial charge >= 0.3 is 0 Å². The van der Waals surface area contributed by atoms with Gasteiger partial charge < -0.3 is 4.57 Å². The maximum atomic E-state index is 13.4. The summed E-state index contributed by atoms with van der Waals surface area (Å²) in [6, 6.07) is 3.27. The second-order valence-electron chi connectivity index (χ2n) is 8.77. The molecule has 152 valence electrons. The van der Waals surface area contributed by atoms with Gasteiger partial charge in [-0.05, 0) is 69.0 Å². The standard InChI is InChI=1S/C23H33N3OS/c1-17(2)25-14-13-18(16-25)15-21-22(27)26(20-11-7-4-8-12-20)23(28-21)24-19-9-5-3-6-10-19/h13-17,19-20H,3-12H2,1-2H3/b21-15+,24-23?. The van der Waals surface area contributed by atoms with Crippen molar-refractivity contribution in [2.75, 3.05) is 0 Å². The molecule has 0 spiro atoms. The minimum Gasteiger partial charge on any atom is -0.351 e. The third-order valence-corrected chi connectivity index (χ3v) is 7.27. The summed E-state index contributed by atoms with van der Waals surface area (Å²) in [4.78, 5) is 21.4. The molecule has 1 aliphatic heterocycles. The Morgan fingerprint density at radius 3 is 2.39 bits per heavy atom. The molecule has 28 heavy (non-hydrogen) atoms. The normalized spacial score (nSPS) is 25.5. The van der Waals surface area contributed by atoms with Crippen molar-refractivity contribution < 1.29 is 4.79 Å². The first-order valence-electron chi connectivity index (χ1n) is 11.1. The maximum absolute atomic E-state index is 13.4. The number of aromatic nitrogens is 1. The van der Waals surface area contributed by atoms with Crippen LogP contribution in [0.15, 0.2) is 28.4 Å². The Kier molecular flexibility index (Phi) is 6.29. The second kappa shape index (κ2) is 8.89. The lowest BCUT2D eigenvalue weighted by Crippen LogP contribution is -2.41. The highest BCUT2D eigenvalue weighted by Gasteiger charge is 2.39. The molecule has 0 N–H and O–H groups in total. The lowest BCUT2D eigenvalue weighted by Gasteiger charge is -2.31. The van der Waals surface area contributed by atoms with Crippen LogP contribution >= 0.6 is 11.8 Å². The van der Waals surface area contributed by atoms with Gasteiger partial charge in [-0.1, -0.05) is 38.5 Å². The van der Waals surface area contributed by atoms with E-state index < -0.39 is 0 Å². The topological polar surface area (TPSA) is 37.6 Å². The van der Waals surface area contributed by atoms with Gasteiger partial charge in [0.1, 0.15) is 0 Å². The molecule has 3 aliphatic rings. The van der Waals surface area contributed by atoms with Gasteiger partial charge in [0.25, 0.3) is 5.91 Å². The highest BCUT2D eigenvalue weighted by atomic mass is 32.2. The number of amides is 1. The zero-order valence-electron chi connectivity index (χ0n) is 17.3. The predicted molar refractivity (Wildman–Crippen MR) is 118 cm³/mol. The number of carbonyl (C=O) groups excluding carboxylic acids is 1. The molecular weight excluding hydrogens is 366 g/mol. The first-order chi connectivity index (χ1) is 13.6. The fourth-order valence-electron chi connectivity index (χ4n) is 4.59. The summed E-state index contributed by atoms with van der Waals surface area (Å²) in [5.41, 5.74) is 1.10. The van der Waals surface area contributed by atoms with E-state index in [-0.39, 0.29) is 5.91 Å². The van der Waals surface area contributed by atoms with Crippen LogP contribution in [-0.4, -0.2) is 32.6 Å². The van der Waals surface area contributed by atoms with E-state index in [4.69, 9.17) is 4.99 Å². The van der Waals surface area contributed by atoms with Gasteiger partial charge in [0.15, 0.2) is 5.17 Å². The van der Waals surface area contributed by atoms with Gasteiger partial charge in [-0.15, -0.1) is 0 Å². The molecule has 2 aliphatic carbocycles. The molecule has 1 amide bonds. The van der Waals surface area contributed by atoms with Crippen molar-refractivity contribution in [1.82, 2.24) is 9.47 Å². The maximum Gasteiger partial charge on any atom is 0.267 e.